The van der Waals surface area contributed by atoms with Gasteiger partial charge in [-0.2, -0.15) is 11.8 Å². The Kier molecular flexibility index (Phi) is 6.87. The first-order valence-electron chi connectivity index (χ1n) is 10.3. The van der Waals surface area contributed by atoms with Gasteiger partial charge < -0.3 is 14.8 Å². The molecule has 0 fully saturated rings. The number of ether oxygens (including phenoxy) is 1. The predicted molar refractivity (Wildman–Crippen MR) is 119 cm³/mol. The molecule has 2 N–H and O–H groups in total. The van der Waals surface area contributed by atoms with Gasteiger partial charge in [-0.05, 0) is 36.1 Å². The highest BCUT2D eigenvalue weighted by Gasteiger charge is 2.24. The molecule has 5 nitrogen and oxygen atoms in total. The summed E-state index contributed by atoms with van der Waals surface area (Å²) in [4.78, 5) is 20.0. The topological polar surface area (TPSA) is 75.2 Å². The number of fused-ring (bicyclic) bond motifs is 1. The van der Waals surface area contributed by atoms with E-state index in [2.05, 4.69) is 22.1 Å². The summed E-state index contributed by atoms with van der Waals surface area (Å²) in [5, 5.41) is 9.22. The number of aliphatic hydroxyl groups is 1. The third-order valence-electron chi connectivity index (χ3n) is 5.38. The number of hydrogen-bond acceptors (Lipinski definition) is 5. The molecule has 2 aromatic carbocycles. The zero-order chi connectivity index (χ0) is 20.8. The Morgan fingerprint density at radius 1 is 1.17 bits per heavy atom. The van der Waals surface area contributed by atoms with E-state index in [4.69, 9.17) is 4.74 Å². The highest BCUT2D eigenvalue weighted by molar-refractivity contribution is 7.98. The molecule has 4 rings (SSSR count). The second kappa shape index (κ2) is 9.96. The van der Waals surface area contributed by atoms with Crippen molar-refractivity contribution in [2.45, 2.75) is 37.5 Å². The number of hydrogen-bond donors (Lipinski definition) is 2. The molecule has 0 saturated heterocycles. The second-order valence-corrected chi connectivity index (χ2v) is 8.48. The van der Waals surface area contributed by atoms with Crippen LogP contribution < -0.4 is 4.74 Å². The SMILES string of the molecule is O=C1CCCc2c1ccc(O[C@@H](Cc1ncc[nH]1)c1ccccc1)c2CSCCO. The number of ketones is 1. The molecule has 156 valence electrons. The van der Waals surface area contributed by atoms with Crippen molar-refractivity contribution in [1.29, 1.82) is 0 Å². The lowest BCUT2D eigenvalue weighted by Gasteiger charge is -2.25. The molecule has 1 aliphatic carbocycles. The third-order valence-corrected chi connectivity index (χ3v) is 6.34. The number of carbonyl (C=O) groups is 1. The highest BCUT2D eigenvalue weighted by Crippen LogP contribution is 2.36. The Morgan fingerprint density at radius 3 is 2.80 bits per heavy atom. The number of nitrogens with one attached hydrogen (secondary N) is 1. The van der Waals surface area contributed by atoms with Gasteiger partial charge in [0.2, 0.25) is 0 Å². The van der Waals surface area contributed by atoms with E-state index in [0.29, 0.717) is 24.3 Å². The number of aromatic amines is 1. The molecule has 0 radical (unpaired) electrons. The van der Waals surface area contributed by atoms with Gasteiger partial charge in [-0.1, -0.05) is 30.3 Å². The molecule has 1 heterocycles. The number of thioether (sulfide) groups is 1. The fourth-order valence-corrected chi connectivity index (χ4v) is 4.71. The van der Waals surface area contributed by atoms with E-state index in [0.717, 1.165) is 46.7 Å². The molecule has 3 aromatic rings. The van der Waals surface area contributed by atoms with Crippen molar-refractivity contribution in [2.24, 2.45) is 0 Å². The molecule has 1 aromatic heterocycles. The molecule has 0 saturated carbocycles. The fraction of sp³-hybridized carbons (Fsp3) is 0.333. The van der Waals surface area contributed by atoms with E-state index < -0.39 is 0 Å². The van der Waals surface area contributed by atoms with Crippen LogP contribution in [0.1, 0.15) is 51.8 Å². The summed E-state index contributed by atoms with van der Waals surface area (Å²) in [6.45, 7) is 0.139. The number of benzene rings is 2. The summed E-state index contributed by atoms with van der Waals surface area (Å²) in [6.07, 6.45) is 6.37. The van der Waals surface area contributed by atoms with Crippen LogP contribution in [0.3, 0.4) is 0 Å². The van der Waals surface area contributed by atoms with E-state index >= 15 is 0 Å². The van der Waals surface area contributed by atoms with Crippen LogP contribution >= 0.6 is 11.8 Å². The van der Waals surface area contributed by atoms with Crippen LogP contribution in [0.15, 0.2) is 54.9 Å². The van der Waals surface area contributed by atoms with E-state index in [1.54, 1.807) is 18.0 Å². The van der Waals surface area contributed by atoms with Gasteiger partial charge >= 0.3 is 0 Å². The lowest BCUT2D eigenvalue weighted by molar-refractivity contribution is 0.0972. The Bertz CT molecular complexity index is 974. The Labute approximate surface area is 180 Å². The van der Waals surface area contributed by atoms with Crippen molar-refractivity contribution < 1.29 is 14.6 Å². The fourth-order valence-electron chi connectivity index (χ4n) is 3.92. The molecule has 6 heteroatoms. The Balaban J connectivity index is 1.68. The molecule has 0 unspecified atom stereocenters. The number of Topliss-reactive ketones (excluding diaryl/α,β-unsaturated/α-hetero) is 1. The average molecular weight is 423 g/mol. The lowest BCUT2D eigenvalue weighted by atomic mass is 9.87. The first kappa shape index (κ1) is 20.7. The lowest BCUT2D eigenvalue weighted by Crippen LogP contribution is -2.17. The van der Waals surface area contributed by atoms with E-state index in [1.165, 1.54) is 0 Å². The summed E-state index contributed by atoms with van der Waals surface area (Å²) < 4.78 is 6.59. The predicted octanol–water partition coefficient (Wildman–Crippen LogP) is 4.52. The van der Waals surface area contributed by atoms with Gasteiger partial charge in [0, 0.05) is 47.9 Å². The Morgan fingerprint density at radius 2 is 2.03 bits per heavy atom. The minimum Gasteiger partial charge on any atom is -0.485 e. The number of carbonyl (C=O) groups excluding carboxylic acids is 1. The van der Waals surface area contributed by atoms with Gasteiger partial charge in [-0.15, -0.1) is 0 Å². The molecule has 0 spiro atoms. The van der Waals surface area contributed by atoms with Gasteiger partial charge in [-0.25, -0.2) is 4.98 Å². The number of rotatable bonds is 9. The van der Waals surface area contributed by atoms with Crippen molar-refractivity contribution in [3.63, 3.8) is 0 Å². The summed E-state index contributed by atoms with van der Waals surface area (Å²) in [7, 11) is 0. The quantitative estimate of drug-likeness (QED) is 0.496. The first-order valence-corrected chi connectivity index (χ1v) is 11.5. The largest absolute Gasteiger partial charge is 0.485 e. The molecule has 1 atom stereocenters. The summed E-state index contributed by atoms with van der Waals surface area (Å²) in [5.41, 5.74) is 4.10. The highest BCUT2D eigenvalue weighted by atomic mass is 32.2. The van der Waals surface area contributed by atoms with E-state index in [-0.39, 0.29) is 18.5 Å². The third kappa shape index (κ3) is 4.77. The van der Waals surface area contributed by atoms with E-state index in [1.807, 2.05) is 36.5 Å². The average Bonchev–Trinajstić information content (AvgIpc) is 3.28. The van der Waals surface area contributed by atoms with Crippen molar-refractivity contribution in [3.05, 3.63) is 82.9 Å². The summed E-state index contributed by atoms with van der Waals surface area (Å²) >= 11 is 1.66. The van der Waals surface area contributed by atoms with Crippen molar-refractivity contribution in [3.8, 4) is 5.75 Å². The molecule has 30 heavy (non-hydrogen) atoms. The molecule has 0 aliphatic heterocycles. The van der Waals surface area contributed by atoms with Gasteiger partial charge in [-0.3, -0.25) is 4.79 Å². The van der Waals surface area contributed by atoms with Crippen LogP contribution in [0.2, 0.25) is 0 Å². The molecular weight excluding hydrogens is 396 g/mol. The van der Waals surface area contributed by atoms with Gasteiger partial charge in [0.05, 0.1) is 6.61 Å². The van der Waals surface area contributed by atoms with Crippen LogP contribution in [-0.4, -0.2) is 33.2 Å². The minimum atomic E-state index is -0.198. The van der Waals surface area contributed by atoms with Crippen LogP contribution in [0.5, 0.6) is 5.75 Å². The van der Waals surface area contributed by atoms with Gasteiger partial charge in [0.1, 0.15) is 17.7 Å². The molecule has 1 aliphatic rings. The van der Waals surface area contributed by atoms with Crippen molar-refractivity contribution in [1.82, 2.24) is 9.97 Å². The number of nitrogens with zero attached hydrogens (tertiary/aromatic N) is 1. The molecule has 0 amide bonds. The van der Waals surface area contributed by atoms with Crippen molar-refractivity contribution >= 4 is 17.5 Å². The monoisotopic (exact) mass is 422 g/mol. The maximum Gasteiger partial charge on any atom is 0.163 e. The summed E-state index contributed by atoms with van der Waals surface area (Å²) in [6, 6.07) is 14.0. The maximum atomic E-state index is 12.4. The van der Waals surface area contributed by atoms with Gasteiger partial charge in [0.15, 0.2) is 5.78 Å². The van der Waals surface area contributed by atoms with Gasteiger partial charge in [0.25, 0.3) is 0 Å². The van der Waals surface area contributed by atoms with Crippen LogP contribution in [0.4, 0.5) is 0 Å². The van der Waals surface area contributed by atoms with Crippen LogP contribution in [0, 0.1) is 0 Å². The molecular formula is C24H26N2O3S. The van der Waals surface area contributed by atoms with E-state index in [9.17, 15) is 9.90 Å². The van der Waals surface area contributed by atoms with Crippen LogP contribution in [0.25, 0.3) is 0 Å². The maximum absolute atomic E-state index is 12.4. The standard InChI is InChI=1S/C24H26N2O3S/c27-13-14-30-16-20-18-7-4-8-21(28)19(18)9-10-22(20)29-23(15-24-25-11-12-26-24)17-5-2-1-3-6-17/h1-3,5-6,9-12,23,27H,4,7-8,13-16H2,(H,25,26)/t23-/m0/s1. The first-order chi connectivity index (χ1) is 14.8. The zero-order valence-corrected chi connectivity index (χ0v) is 17.7. The number of imidazole rings is 1. The normalized spacial score (nSPS) is 14.4. The van der Waals surface area contributed by atoms with Crippen molar-refractivity contribution in [2.75, 3.05) is 12.4 Å². The Hall–Kier alpha value is -2.57. The zero-order valence-electron chi connectivity index (χ0n) is 16.8. The van der Waals surface area contributed by atoms with Crippen LogP contribution in [-0.2, 0) is 18.6 Å². The summed E-state index contributed by atoms with van der Waals surface area (Å²) in [5.74, 6) is 3.27. The minimum absolute atomic E-state index is 0.139. The molecule has 0 bridgehead atoms. The smallest absolute Gasteiger partial charge is 0.163 e. The number of aliphatic hydroxyl groups excluding tert-OH is 1. The number of H-pyrrole nitrogens is 1. The number of aromatic nitrogens is 2. The second-order valence-electron chi connectivity index (χ2n) is 7.38.